The maximum Gasteiger partial charge on any atom is 0.312 e. The van der Waals surface area contributed by atoms with E-state index in [1.807, 2.05) is 35.7 Å². The molecule has 3 rings (SSSR count). The van der Waals surface area contributed by atoms with Crippen LogP contribution in [0.4, 0.5) is 5.69 Å². The molecule has 0 radical (unpaired) electrons. The van der Waals surface area contributed by atoms with Gasteiger partial charge >= 0.3 is 5.97 Å². The van der Waals surface area contributed by atoms with Gasteiger partial charge in [-0.15, -0.1) is 11.3 Å². The largest absolute Gasteiger partial charge is 0.497 e. The Morgan fingerprint density at radius 1 is 1.11 bits per heavy atom. The third-order valence-electron chi connectivity index (χ3n) is 3.62. The van der Waals surface area contributed by atoms with Crippen LogP contribution < -0.4 is 10.1 Å². The van der Waals surface area contributed by atoms with E-state index < -0.39 is 11.9 Å². The van der Waals surface area contributed by atoms with E-state index in [2.05, 4.69) is 10.3 Å². The molecular weight excluding hydrogens is 364 g/mol. The van der Waals surface area contributed by atoms with Gasteiger partial charge in [0.05, 0.1) is 19.2 Å². The van der Waals surface area contributed by atoms with Gasteiger partial charge in [0.25, 0.3) is 5.91 Å². The van der Waals surface area contributed by atoms with Gasteiger partial charge in [0.15, 0.2) is 6.61 Å². The zero-order valence-corrected chi connectivity index (χ0v) is 15.5. The van der Waals surface area contributed by atoms with Crippen molar-refractivity contribution < 1.29 is 19.1 Å². The minimum atomic E-state index is -0.499. The number of carbonyl (C=O) groups is 2. The number of thiazole rings is 1. The quantitative estimate of drug-likeness (QED) is 0.633. The molecule has 138 valence electrons. The smallest absolute Gasteiger partial charge is 0.312 e. The third-order valence-corrected chi connectivity index (χ3v) is 4.56. The van der Waals surface area contributed by atoms with Crippen LogP contribution in [0.15, 0.2) is 60.0 Å². The number of hydrogen-bond acceptors (Lipinski definition) is 6. The van der Waals surface area contributed by atoms with Gasteiger partial charge in [-0.2, -0.15) is 0 Å². The number of nitrogens with one attached hydrogen (secondary N) is 1. The maximum atomic E-state index is 12.0. The Morgan fingerprint density at radius 2 is 1.93 bits per heavy atom. The van der Waals surface area contributed by atoms with Gasteiger partial charge in [-0.1, -0.05) is 36.4 Å². The lowest BCUT2D eigenvalue weighted by molar-refractivity contribution is -0.146. The molecule has 7 heteroatoms. The number of nitrogens with zero attached hydrogens (tertiary/aromatic N) is 1. The van der Waals surface area contributed by atoms with Gasteiger partial charge in [-0.25, -0.2) is 4.98 Å². The highest BCUT2D eigenvalue weighted by Gasteiger charge is 2.12. The molecule has 0 fully saturated rings. The van der Waals surface area contributed by atoms with Crippen LogP contribution in [-0.2, 0) is 20.7 Å². The first-order valence-corrected chi connectivity index (χ1v) is 9.11. The molecule has 0 aliphatic carbocycles. The first kappa shape index (κ1) is 18.6. The zero-order chi connectivity index (χ0) is 19.1. The van der Waals surface area contributed by atoms with Crippen LogP contribution in [0, 0.1) is 0 Å². The van der Waals surface area contributed by atoms with E-state index in [0.717, 1.165) is 10.6 Å². The number of methoxy groups -OCH3 is 1. The van der Waals surface area contributed by atoms with E-state index in [4.69, 9.17) is 9.47 Å². The Kier molecular flexibility index (Phi) is 6.17. The van der Waals surface area contributed by atoms with E-state index in [-0.39, 0.29) is 13.0 Å². The van der Waals surface area contributed by atoms with Gasteiger partial charge in [0, 0.05) is 22.7 Å². The summed E-state index contributed by atoms with van der Waals surface area (Å²) in [6.45, 7) is -0.355. The van der Waals surface area contributed by atoms with Crippen molar-refractivity contribution in [2.45, 2.75) is 6.42 Å². The van der Waals surface area contributed by atoms with Crippen molar-refractivity contribution in [1.82, 2.24) is 4.98 Å². The molecule has 3 aromatic rings. The molecule has 0 bridgehead atoms. The van der Waals surface area contributed by atoms with Gasteiger partial charge in [0.1, 0.15) is 10.8 Å². The van der Waals surface area contributed by atoms with Gasteiger partial charge in [-0.05, 0) is 12.1 Å². The predicted molar refractivity (Wildman–Crippen MR) is 104 cm³/mol. The average Bonchev–Trinajstić information content (AvgIpc) is 3.15. The Hall–Kier alpha value is -3.19. The third kappa shape index (κ3) is 5.39. The van der Waals surface area contributed by atoms with E-state index in [0.29, 0.717) is 17.1 Å². The summed E-state index contributed by atoms with van der Waals surface area (Å²) in [5.41, 5.74) is 2.19. The number of aromatic nitrogens is 1. The fourth-order valence-corrected chi connectivity index (χ4v) is 3.17. The highest BCUT2D eigenvalue weighted by atomic mass is 32.1. The summed E-state index contributed by atoms with van der Waals surface area (Å²) in [4.78, 5) is 28.3. The molecule has 0 saturated carbocycles. The number of carbonyl (C=O) groups excluding carboxylic acids is 2. The number of ether oxygens (including phenoxy) is 2. The van der Waals surface area contributed by atoms with Crippen LogP contribution in [-0.4, -0.2) is 30.6 Å². The molecule has 0 aliphatic rings. The number of anilines is 1. The maximum absolute atomic E-state index is 12.0. The molecule has 6 nitrogen and oxygen atoms in total. The molecule has 0 spiro atoms. The van der Waals surface area contributed by atoms with Crippen molar-refractivity contribution in [2.24, 2.45) is 0 Å². The Labute approximate surface area is 160 Å². The van der Waals surface area contributed by atoms with Crippen LogP contribution in [0.2, 0.25) is 0 Å². The number of benzene rings is 2. The summed E-state index contributed by atoms with van der Waals surface area (Å²) in [7, 11) is 1.55. The summed E-state index contributed by atoms with van der Waals surface area (Å²) in [5.74, 6) is -0.289. The fourth-order valence-electron chi connectivity index (χ4n) is 2.34. The summed E-state index contributed by atoms with van der Waals surface area (Å²) < 4.78 is 10.1. The zero-order valence-electron chi connectivity index (χ0n) is 14.7. The van der Waals surface area contributed by atoms with Crippen LogP contribution in [0.3, 0.4) is 0 Å². The van der Waals surface area contributed by atoms with Gasteiger partial charge in [0.2, 0.25) is 0 Å². The van der Waals surface area contributed by atoms with Crippen LogP contribution >= 0.6 is 11.3 Å². The minimum absolute atomic E-state index is 0.0236. The van der Waals surface area contributed by atoms with E-state index in [1.165, 1.54) is 11.3 Å². The normalized spacial score (nSPS) is 10.3. The molecule has 1 aromatic heterocycles. The first-order chi connectivity index (χ1) is 13.1. The highest BCUT2D eigenvalue weighted by molar-refractivity contribution is 7.13. The molecule has 0 unspecified atom stereocenters. The van der Waals surface area contributed by atoms with Crippen molar-refractivity contribution >= 4 is 28.9 Å². The topological polar surface area (TPSA) is 77.5 Å². The first-order valence-electron chi connectivity index (χ1n) is 8.23. The second-order valence-electron chi connectivity index (χ2n) is 5.63. The van der Waals surface area contributed by atoms with Crippen LogP contribution in [0.1, 0.15) is 5.69 Å². The molecule has 1 heterocycles. The predicted octanol–water partition coefficient (Wildman–Crippen LogP) is 3.54. The van der Waals surface area contributed by atoms with Gasteiger partial charge < -0.3 is 14.8 Å². The number of rotatable bonds is 7. The molecule has 1 N–H and O–H groups in total. The van der Waals surface area contributed by atoms with Crippen molar-refractivity contribution in [1.29, 1.82) is 0 Å². The van der Waals surface area contributed by atoms with Crippen LogP contribution in [0.5, 0.6) is 5.75 Å². The Morgan fingerprint density at radius 3 is 2.70 bits per heavy atom. The van der Waals surface area contributed by atoms with Crippen molar-refractivity contribution in [2.75, 3.05) is 19.0 Å². The summed E-state index contributed by atoms with van der Waals surface area (Å²) >= 11 is 1.46. The SMILES string of the molecule is COc1cccc(NC(=O)COC(=O)Cc2csc(-c3ccccc3)n2)c1. The van der Waals surface area contributed by atoms with Crippen molar-refractivity contribution in [3.8, 4) is 16.3 Å². The van der Waals surface area contributed by atoms with Crippen LogP contribution in [0.25, 0.3) is 10.6 Å². The lowest BCUT2D eigenvalue weighted by atomic mass is 10.2. The number of amides is 1. The Bertz CT molecular complexity index is 924. The molecule has 2 aromatic carbocycles. The summed E-state index contributed by atoms with van der Waals surface area (Å²) in [5, 5.41) is 5.31. The number of hydrogen-bond donors (Lipinski definition) is 1. The minimum Gasteiger partial charge on any atom is -0.497 e. The molecule has 0 saturated heterocycles. The second kappa shape index (κ2) is 8.95. The molecular formula is C20H18N2O4S. The highest BCUT2D eigenvalue weighted by Crippen LogP contribution is 2.23. The van der Waals surface area contributed by atoms with Crippen molar-refractivity contribution in [3.63, 3.8) is 0 Å². The standard InChI is InChI=1S/C20H18N2O4S/c1-25-17-9-5-8-15(10-17)21-18(23)12-26-19(24)11-16-13-27-20(22-16)14-6-3-2-4-7-14/h2-10,13H,11-12H2,1H3,(H,21,23). The van der Waals surface area contributed by atoms with Gasteiger partial charge in [-0.3, -0.25) is 9.59 Å². The molecule has 1 amide bonds. The summed E-state index contributed by atoms with van der Waals surface area (Å²) in [6, 6.07) is 16.7. The number of esters is 1. The fraction of sp³-hybridized carbons (Fsp3) is 0.150. The molecule has 0 aliphatic heterocycles. The van der Waals surface area contributed by atoms with E-state index in [1.54, 1.807) is 31.4 Å². The second-order valence-corrected chi connectivity index (χ2v) is 6.49. The lowest BCUT2D eigenvalue weighted by Gasteiger charge is -2.07. The van der Waals surface area contributed by atoms with E-state index in [9.17, 15) is 9.59 Å². The van der Waals surface area contributed by atoms with Crippen molar-refractivity contribution in [3.05, 3.63) is 65.7 Å². The van der Waals surface area contributed by atoms with E-state index >= 15 is 0 Å². The molecule has 0 atom stereocenters. The average molecular weight is 382 g/mol. The molecule has 27 heavy (non-hydrogen) atoms. The lowest BCUT2D eigenvalue weighted by Crippen LogP contribution is -2.21. The summed E-state index contributed by atoms with van der Waals surface area (Å²) in [6.07, 6.45) is 0.0236. The monoisotopic (exact) mass is 382 g/mol. The Balaban J connectivity index is 1.48.